The van der Waals surface area contributed by atoms with Crippen molar-refractivity contribution in [3.63, 3.8) is 0 Å². The number of carbonyl (C=O) groups excluding carboxylic acids is 1. The minimum Gasteiger partial charge on any atom is -0.329 e. The standard InChI is InChI=1S/C20H27N2O.CH4/c1-22-10-8-14(9-11-22)18(13-22)21-12-16-6-2-4-15-5-3-7-17(19(15)16)20(21)23;/h3,5,7,14,16,18H,2,4,6,8-13H2,1H3;1H4/q+1;/t14?,16-,18-,22?;/m1./s1. The van der Waals surface area contributed by atoms with E-state index in [1.54, 1.807) is 0 Å². The van der Waals surface area contributed by atoms with E-state index < -0.39 is 0 Å². The molecule has 1 amide bonds. The first-order chi connectivity index (χ1) is 11.1. The zero-order valence-electron chi connectivity index (χ0n) is 14.1. The highest BCUT2D eigenvalue weighted by Crippen LogP contribution is 2.42. The van der Waals surface area contributed by atoms with Gasteiger partial charge in [-0.2, -0.15) is 0 Å². The maximum atomic E-state index is 13.3. The molecule has 130 valence electrons. The molecule has 0 radical (unpaired) electrons. The molecular formula is C21H31N2O+. The Labute approximate surface area is 146 Å². The third-order valence-electron chi connectivity index (χ3n) is 7.16. The topological polar surface area (TPSA) is 20.3 Å². The predicted octanol–water partition coefficient (Wildman–Crippen LogP) is 3.44. The van der Waals surface area contributed by atoms with Crippen LogP contribution in [0.5, 0.6) is 0 Å². The van der Waals surface area contributed by atoms with Crippen molar-refractivity contribution >= 4 is 5.91 Å². The van der Waals surface area contributed by atoms with Crippen LogP contribution in [0.15, 0.2) is 18.2 Å². The molecule has 5 aliphatic rings. The Morgan fingerprint density at radius 3 is 2.71 bits per heavy atom. The van der Waals surface area contributed by atoms with Crippen molar-refractivity contribution in [2.75, 3.05) is 33.2 Å². The van der Waals surface area contributed by atoms with E-state index >= 15 is 0 Å². The molecule has 0 saturated carbocycles. The minimum atomic E-state index is 0. The van der Waals surface area contributed by atoms with Gasteiger partial charge in [0.25, 0.3) is 5.91 Å². The van der Waals surface area contributed by atoms with Crippen molar-refractivity contribution in [2.45, 2.75) is 51.5 Å². The summed E-state index contributed by atoms with van der Waals surface area (Å²) in [4.78, 5) is 15.5. The fourth-order valence-corrected chi connectivity index (χ4v) is 5.86. The quantitative estimate of drug-likeness (QED) is 0.724. The van der Waals surface area contributed by atoms with Crippen LogP contribution in [-0.2, 0) is 6.42 Å². The lowest BCUT2D eigenvalue weighted by Gasteiger charge is -2.54. The summed E-state index contributed by atoms with van der Waals surface area (Å²) in [6, 6.07) is 6.91. The molecule has 3 saturated heterocycles. The summed E-state index contributed by atoms with van der Waals surface area (Å²) in [5, 5.41) is 0. The van der Waals surface area contributed by atoms with Gasteiger partial charge in [0.05, 0.1) is 32.7 Å². The van der Waals surface area contributed by atoms with Crippen LogP contribution in [-0.4, -0.2) is 54.6 Å². The molecule has 4 aliphatic heterocycles. The Morgan fingerprint density at radius 1 is 1.17 bits per heavy atom. The number of rotatable bonds is 1. The van der Waals surface area contributed by atoms with E-state index in [-0.39, 0.29) is 7.43 Å². The highest BCUT2D eigenvalue weighted by atomic mass is 16.2. The Bertz CT molecular complexity index is 660. The SMILES string of the molecule is C.C[N+]12CCC(CC1)[C@H](N1C[C@H]3CCCc4cccc(c43)C1=O)C2. The minimum absolute atomic E-state index is 0. The molecule has 6 rings (SSSR count). The van der Waals surface area contributed by atoms with Gasteiger partial charge in [-0.3, -0.25) is 4.79 Å². The fourth-order valence-electron chi connectivity index (χ4n) is 5.86. The molecule has 0 N–H and O–H groups in total. The summed E-state index contributed by atoms with van der Waals surface area (Å²) in [6.07, 6.45) is 6.32. The van der Waals surface area contributed by atoms with Gasteiger partial charge >= 0.3 is 0 Å². The molecule has 1 aromatic carbocycles. The lowest BCUT2D eigenvalue weighted by atomic mass is 9.75. The number of benzene rings is 1. The number of likely N-dealkylation sites (N-methyl/N-ethyl adjacent to an activating group) is 1. The van der Waals surface area contributed by atoms with E-state index in [1.807, 2.05) is 0 Å². The van der Waals surface area contributed by atoms with E-state index in [1.165, 1.54) is 60.9 Å². The second-order valence-corrected chi connectivity index (χ2v) is 8.58. The number of carbonyl (C=O) groups is 1. The summed E-state index contributed by atoms with van der Waals surface area (Å²) in [7, 11) is 2.39. The molecule has 2 bridgehead atoms. The van der Waals surface area contributed by atoms with Gasteiger partial charge in [0.15, 0.2) is 0 Å². The Kier molecular flexibility index (Phi) is 3.76. The van der Waals surface area contributed by atoms with Crippen LogP contribution in [0.1, 0.15) is 60.5 Å². The van der Waals surface area contributed by atoms with Gasteiger partial charge in [-0.15, -0.1) is 0 Å². The number of amides is 1. The average molecular weight is 327 g/mol. The van der Waals surface area contributed by atoms with Gasteiger partial charge in [-0.1, -0.05) is 19.6 Å². The maximum absolute atomic E-state index is 13.3. The Hall–Kier alpha value is -1.35. The van der Waals surface area contributed by atoms with Crippen LogP contribution in [0, 0.1) is 5.92 Å². The molecule has 1 aromatic rings. The van der Waals surface area contributed by atoms with Gasteiger partial charge in [0, 0.05) is 30.9 Å². The average Bonchev–Trinajstić information content (AvgIpc) is 2.58. The predicted molar refractivity (Wildman–Crippen MR) is 97.2 cm³/mol. The van der Waals surface area contributed by atoms with E-state index in [4.69, 9.17) is 0 Å². The second-order valence-electron chi connectivity index (χ2n) is 8.58. The van der Waals surface area contributed by atoms with Gasteiger partial charge < -0.3 is 9.38 Å². The lowest BCUT2D eigenvalue weighted by molar-refractivity contribution is -0.927. The Balaban J connectivity index is 0.00000146. The van der Waals surface area contributed by atoms with E-state index in [2.05, 4.69) is 30.1 Å². The number of hydrogen-bond acceptors (Lipinski definition) is 1. The molecule has 24 heavy (non-hydrogen) atoms. The lowest BCUT2D eigenvalue weighted by Crippen LogP contribution is -2.67. The monoisotopic (exact) mass is 327 g/mol. The van der Waals surface area contributed by atoms with Crippen molar-refractivity contribution in [3.8, 4) is 0 Å². The molecule has 2 atom stereocenters. The summed E-state index contributed by atoms with van der Waals surface area (Å²) < 4.78 is 1.18. The molecule has 1 aliphatic carbocycles. The number of nitrogens with zero attached hydrogens (tertiary/aromatic N) is 2. The smallest absolute Gasteiger partial charge is 0.254 e. The molecule has 4 heterocycles. The van der Waals surface area contributed by atoms with Crippen LogP contribution in [0.4, 0.5) is 0 Å². The van der Waals surface area contributed by atoms with Gasteiger partial charge in [-0.05, 0) is 42.4 Å². The first-order valence-electron chi connectivity index (χ1n) is 9.41. The fraction of sp³-hybridized carbons (Fsp3) is 0.667. The summed E-state index contributed by atoms with van der Waals surface area (Å²) in [5.74, 6) is 1.66. The van der Waals surface area contributed by atoms with Crippen LogP contribution in [0.3, 0.4) is 0 Å². The van der Waals surface area contributed by atoms with Crippen LogP contribution in [0.2, 0.25) is 0 Å². The van der Waals surface area contributed by atoms with Crippen molar-refractivity contribution in [3.05, 3.63) is 34.9 Å². The van der Waals surface area contributed by atoms with Crippen LogP contribution in [0.25, 0.3) is 0 Å². The molecule has 0 aromatic heterocycles. The van der Waals surface area contributed by atoms with Crippen molar-refractivity contribution in [1.82, 2.24) is 4.90 Å². The van der Waals surface area contributed by atoms with Gasteiger partial charge in [0.1, 0.15) is 0 Å². The number of hydrogen-bond donors (Lipinski definition) is 0. The molecule has 0 unspecified atom stereocenters. The number of quaternary nitrogens is 1. The van der Waals surface area contributed by atoms with Gasteiger partial charge in [0.2, 0.25) is 0 Å². The molecule has 0 spiro atoms. The van der Waals surface area contributed by atoms with Crippen molar-refractivity contribution < 1.29 is 9.28 Å². The number of fused-ring (bicyclic) bond motifs is 3. The van der Waals surface area contributed by atoms with E-state index in [0.29, 0.717) is 17.9 Å². The first-order valence-corrected chi connectivity index (χ1v) is 9.41. The molecule has 3 fully saturated rings. The molecule has 3 heteroatoms. The molecule has 3 nitrogen and oxygen atoms in total. The summed E-state index contributed by atoms with van der Waals surface area (Å²) in [5.41, 5.74) is 3.87. The third kappa shape index (κ3) is 2.24. The van der Waals surface area contributed by atoms with Gasteiger partial charge in [-0.25, -0.2) is 0 Å². The molecular weight excluding hydrogens is 296 g/mol. The largest absolute Gasteiger partial charge is 0.329 e. The van der Waals surface area contributed by atoms with Crippen molar-refractivity contribution in [1.29, 1.82) is 0 Å². The van der Waals surface area contributed by atoms with Crippen molar-refractivity contribution in [2.24, 2.45) is 5.92 Å². The van der Waals surface area contributed by atoms with E-state index in [0.717, 1.165) is 24.4 Å². The zero-order chi connectivity index (χ0) is 15.6. The number of piperidine rings is 3. The summed E-state index contributed by atoms with van der Waals surface area (Å²) >= 11 is 0. The normalized spacial score (nSPS) is 37.0. The Morgan fingerprint density at radius 2 is 1.96 bits per heavy atom. The first kappa shape index (κ1) is 16.1. The van der Waals surface area contributed by atoms with Crippen LogP contribution < -0.4 is 0 Å². The maximum Gasteiger partial charge on any atom is 0.254 e. The second kappa shape index (κ2) is 5.59. The van der Waals surface area contributed by atoms with Crippen LogP contribution >= 0.6 is 0 Å². The highest BCUT2D eigenvalue weighted by Gasteiger charge is 2.49. The third-order valence-corrected chi connectivity index (χ3v) is 7.16. The van der Waals surface area contributed by atoms with E-state index in [9.17, 15) is 4.79 Å². The highest BCUT2D eigenvalue weighted by molar-refractivity contribution is 5.97. The zero-order valence-corrected chi connectivity index (χ0v) is 14.1. The summed E-state index contributed by atoms with van der Waals surface area (Å²) in [6.45, 7) is 4.78. The number of aryl methyl sites for hydroxylation is 1.